The van der Waals surface area contributed by atoms with Crippen LogP contribution in [0.1, 0.15) is 26.3 Å². The van der Waals surface area contributed by atoms with E-state index in [1.54, 1.807) is 6.92 Å². The van der Waals surface area contributed by atoms with Crippen LogP contribution in [0.3, 0.4) is 0 Å². The highest BCUT2D eigenvalue weighted by Crippen LogP contribution is 2.32. The lowest BCUT2D eigenvalue weighted by atomic mass is 9.74. The van der Waals surface area contributed by atoms with Gasteiger partial charge in [0.15, 0.2) is 0 Å². The minimum absolute atomic E-state index is 0.365. The Balaban J connectivity index is 3.10. The van der Waals surface area contributed by atoms with Gasteiger partial charge < -0.3 is 5.11 Å². The molecule has 1 atom stereocenters. The van der Waals surface area contributed by atoms with E-state index in [1.165, 1.54) is 0 Å². The summed E-state index contributed by atoms with van der Waals surface area (Å²) >= 11 is 3.39. The largest absolute Gasteiger partial charge is 0.481 e. The summed E-state index contributed by atoms with van der Waals surface area (Å²) in [6.45, 7) is 5.64. The van der Waals surface area contributed by atoms with E-state index in [0.29, 0.717) is 0 Å². The molecule has 0 aliphatic carbocycles. The third-order valence-corrected chi connectivity index (χ3v) is 3.51. The number of carboxylic acid groups (broad SMARTS) is 1. The fourth-order valence-corrected chi connectivity index (χ4v) is 1.85. The van der Waals surface area contributed by atoms with Crippen molar-refractivity contribution >= 4 is 21.9 Å². The molecule has 1 aromatic carbocycles. The summed E-state index contributed by atoms with van der Waals surface area (Å²) in [7, 11) is 0. The van der Waals surface area contributed by atoms with Crippen LogP contribution in [0.5, 0.6) is 0 Å². The van der Waals surface area contributed by atoms with Gasteiger partial charge in [0.05, 0.1) is 5.92 Å². The lowest BCUT2D eigenvalue weighted by Crippen LogP contribution is -2.32. The fraction of sp³-hybridized carbons (Fsp3) is 0.417. The first-order chi connectivity index (χ1) is 6.85. The number of halogens is 1. The van der Waals surface area contributed by atoms with Crippen molar-refractivity contribution in [3.8, 4) is 0 Å². The Morgan fingerprint density at radius 3 is 2.53 bits per heavy atom. The summed E-state index contributed by atoms with van der Waals surface area (Å²) in [5.74, 6) is -1.17. The van der Waals surface area contributed by atoms with Crippen LogP contribution in [0, 0.1) is 5.92 Å². The molecule has 0 aromatic heterocycles. The molecule has 1 rings (SSSR count). The van der Waals surface area contributed by atoms with Crippen molar-refractivity contribution in [2.24, 2.45) is 5.92 Å². The summed E-state index contributed by atoms with van der Waals surface area (Å²) in [5.41, 5.74) is 0.669. The van der Waals surface area contributed by atoms with Crippen LogP contribution in [0.25, 0.3) is 0 Å². The van der Waals surface area contributed by atoms with E-state index < -0.39 is 11.9 Å². The van der Waals surface area contributed by atoms with Crippen molar-refractivity contribution in [1.29, 1.82) is 0 Å². The topological polar surface area (TPSA) is 37.3 Å². The number of hydrogen-bond acceptors (Lipinski definition) is 1. The molecule has 15 heavy (non-hydrogen) atoms. The second-order valence-corrected chi connectivity index (χ2v) is 5.21. The Bertz CT molecular complexity index is 372. The number of aliphatic carboxylic acids is 1. The molecule has 0 bridgehead atoms. The van der Waals surface area contributed by atoms with Crippen LogP contribution in [0.15, 0.2) is 28.7 Å². The van der Waals surface area contributed by atoms with Gasteiger partial charge in [-0.3, -0.25) is 4.79 Å². The molecule has 0 spiro atoms. The van der Waals surface area contributed by atoms with E-state index in [4.69, 9.17) is 5.11 Å². The summed E-state index contributed by atoms with van der Waals surface area (Å²) in [4.78, 5) is 11.0. The first kappa shape index (κ1) is 12.2. The van der Waals surface area contributed by atoms with Crippen molar-refractivity contribution in [2.45, 2.75) is 26.2 Å². The zero-order chi connectivity index (χ0) is 11.6. The third-order valence-electron chi connectivity index (χ3n) is 3.02. The maximum Gasteiger partial charge on any atom is 0.307 e. The van der Waals surface area contributed by atoms with Gasteiger partial charge in [-0.25, -0.2) is 0 Å². The molecule has 0 fully saturated rings. The Labute approximate surface area is 98.4 Å². The standard InChI is InChI=1S/C12H15BrO2/c1-8(11(14)15)12(2,3)9-5-4-6-10(13)7-9/h4-8H,1-3H3,(H,14,15). The fourth-order valence-electron chi connectivity index (χ4n) is 1.45. The number of carboxylic acids is 1. The van der Waals surface area contributed by atoms with E-state index in [1.807, 2.05) is 38.1 Å². The number of carbonyl (C=O) groups is 1. The minimum Gasteiger partial charge on any atom is -0.481 e. The van der Waals surface area contributed by atoms with Gasteiger partial charge >= 0.3 is 5.97 Å². The highest BCUT2D eigenvalue weighted by atomic mass is 79.9. The van der Waals surface area contributed by atoms with Crippen molar-refractivity contribution in [3.05, 3.63) is 34.3 Å². The van der Waals surface area contributed by atoms with Crippen LogP contribution in [0.4, 0.5) is 0 Å². The van der Waals surface area contributed by atoms with Crippen LogP contribution in [0.2, 0.25) is 0 Å². The van der Waals surface area contributed by atoms with Crippen molar-refractivity contribution in [3.63, 3.8) is 0 Å². The average Bonchev–Trinajstić information content (AvgIpc) is 2.16. The molecular formula is C12H15BrO2. The number of benzene rings is 1. The molecule has 2 nitrogen and oxygen atoms in total. The predicted octanol–water partition coefficient (Wildman–Crippen LogP) is 3.45. The third kappa shape index (κ3) is 2.59. The summed E-state index contributed by atoms with van der Waals surface area (Å²) in [6.07, 6.45) is 0. The van der Waals surface area contributed by atoms with Gasteiger partial charge in [0.1, 0.15) is 0 Å². The number of rotatable bonds is 3. The van der Waals surface area contributed by atoms with Crippen molar-refractivity contribution in [2.75, 3.05) is 0 Å². The van der Waals surface area contributed by atoms with Crippen molar-refractivity contribution in [1.82, 2.24) is 0 Å². The molecular weight excluding hydrogens is 256 g/mol. The minimum atomic E-state index is -0.764. The normalized spacial score (nSPS) is 13.6. The summed E-state index contributed by atoms with van der Waals surface area (Å²) in [5, 5.41) is 9.04. The highest BCUT2D eigenvalue weighted by Gasteiger charge is 2.32. The molecule has 1 aromatic rings. The summed E-state index contributed by atoms with van der Waals surface area (Å²) < 4.78 is 0.977. The molecule has 0 saturated carbocycles. The van der Waals surface area contributed by atoms with E-state index in [2.05, 4.69) is 15.9 Å². The zero-order valence-corrected chi connectivity index (χ0v) is 10.7. The second-order valence-electron chi connectivity index (χ2n) is 4.29. The van der Waals surface area contributed by atoms with Crippen molar-refractivity contribution < 1.29 is 9.90 Å². The van der Waals surface area contributed by atoms with Crippen LogP contribution >= 0.6 is 15.9 Å². The molecule has 0 aliphatic rings. The van der Waals surface area contributed by atoms with Gasteiger partial charge in [-0.2, -0.15) is 0 Å². The Kier molecular flexibility index (Phi) is 3.55. The van der Waals surface area contributed by atoms with Crippen LogP contribution in [-0.2, 0) is 10.2 Å². The second kappa shape index (κ2) is 4.35. The first-order valence-corrected chi connectivity index (χ1v) is 5.64. The smallest absolute Gasteiger partial charge is 0.307 e. The van der Waals surface area contributed by atoms with E-state index in [-0.39, 0.29) is 5.41 Å². The van der Waals surface area contributed by atoms with Gasteiger partial charge in [-0.05, 0) is 17.7 Å². The van der Waals surface area contributed by atoms with Gasteiger partial charge in [0.25, 0.3) is 0 Å². The molecule has 82 valence electrons. The SMILES string of the molecule is CC(C(=O)O)C(C)(C)c1cccc(Br)c1. The van der Waals surface area contributed by atoms with Crippen LogP contribution in [-0.4, -0.2) is 11.1 Å². The summed E-state index contributed by atoms with van der Waals surface area (Å²) in [6, 6.07) is 7.80. The zero-order valence-electron chi connectivity index (χ0n) is 9.12. The van der Waals surface area contributed by atoms with E-state index in [9.17, 15) is 4.79 Å². The molecule has 1 unspecified atom stereocenters. The Hall–Kier alpha value is -0.830. The molecule has 1 N–H and O–H groups in total. The molecule has 0 radical (unpaired) electrons. The molecule has 3 heteroatoms. The maximum atomic E-state index is 11.0. The monoisotopic (exact) mass is 270 g/mol. The molecule has 0 heterocycles. The molecule has 0 saturated heterocycles. The lowest BCUT2D eigenvalue weighted by Gasteiger charge is -2.29. The van der Waals surface area contributed by atoms with E-state index >= 15 is 0 Å². The predicted molar refractivity (Wildman–Crippen MR) is 64.0 cm³/mol. The van der Waals surface area contributed by atoms with Gasteiger partial charge in [-0.1, -0.05) is 48.8 Å². The number of hydrogen-bond donors (Lipinski definition) is 1. The quantitative estimate of drug-likeness (QED) is 0.914. The van der Waals surface area contributed by atoms with Gasteiger partial charge in [0.2, 0.25) is 0 Å². The van der Waals surface area contributed by atoms with Crippen LogP contribution < -0.4 is 0 Å². The van der Waals surface area contributed by atoms with Gasteiger partial charge in [-0.15, -0.1) is 0 Å². The lowest BCUT2D eigenvalue weighted by molar-refractivity contribution is -0.143. The molecule has 0 amide bonds. The highest BCUT2D eigenvalue weighted by molar-refractivity contribution is 9.10. The average molecular weight is 271 g/mol. The Morgan fingerprint density at radius 2 is 2.07 bits per heavy atom. The maximum absolute atomic E-state index is 11.0. The Morgan fingerprint density at radius 1 is 1.47 bits per heavy atom. The van der Waals surface area contributed by atoms with E-state index in [0.717, 1.165) is 10.0 Å². The first-order valence-electron chi connectivity index (χ1n) is 4.84. The molecule has 0 aliphatic heterocycles. The van der Waals surface area contributed by atoms with Gasteiger partial charge in [0, 0.05) is 9.89 Å².